The van der Waals surface area contributed by atoms with Crippen LogP contribution >= 0.6 is 0 Å². The van der Waals surface area contributed by atoms with Gasteiger partial charge in [-0.3, -0.25) is 9.97 Å². The second-order valence-electron chi connectivity index (χ2n) is 20.4. The molecular weight excluding hydrogens is 1210 g/mol. The number of benzene rings is 3. The second kappa shape index (κ2) is 52.2. The molecule has 0 fully saturated rings. The molecular formula is C72H94N4O18. The van der Waals surface area contributed by atoms with Crippen LogP contribution in [0.1, 0.15) is 44.5 Å². The molecule has 0 saturated carbocycles. The summed E-state index contributed by atoms with van der Waals surface area (Å²) in [5.74, 6) is 1.00. The molecule has 22 heteroatoms. The molecule has 2 heterocycles. The van der Waals surface area contributed by atoms with Crippen molar-refractivity contribution in [2.45, 2.75) is 12.2 Å². The van der Waals surface area contributed by atoms with Crippen LogP contribution in [0.3, 0.4) is 0 Å². The standard InChI is InChI=1S/C72H94N4O18/c1-77-25-29-81-33-37-85-41-45-89-55-69(56-90-46-42-86-38-34-82-30-26-78-2)93-71-51-66(16-14-60-7-11-62(12-8-60)50-68(54-74)64-19-23-76-24-20-64)72(52-65(71)15-13-59-5-9-61(10-6-59)49-67(53-73)63-17-21-75-22-18-63)94-70(57-91-47-43-87-39-35-83-31-27-79-3)58-92-48-44-88-40-36-84-32-28-80-4/h5-24,49-52,69-70H,25-48,55-58H2,1-4H3/b15-13+,16-14+,67-49+,68-50+. The van der Waals surface area contributed by atoms with E-state index in [0.29, 0.717) is 166 Å². The Labute approximate surface area is 554 Å². The number of hydrogen-bond acceptors (Lipinski definition) is 22. The van der Waals surface area contributed by atoms with Crippen molar-refractivity contribution in [2.24, 2.45) is 0 Å². The zero-order valence-corrected chi connectivity index (χ0v) is 54.9. The minimum Gasteiger partial charge on any atom is -0.485 e. The van der Waals surface area contributed by atoms with Gasteiger partial charge in [0.2, 0.25) is 0 Å². The van der Waals surface area contributed by atoms with Gasteiger partial charge >= 0.3 is 0 Å². The molecule has 3 aromatic carbocycles. The molecule has 0 unspecified atom stereocenters. The Morgan fingerprint density at radius 1 is 0.330 bits per heavy atom. The Hall–Kier alpha value is -7.14. The van der Waals surface area contributed by atoms with Crippen LogP contribution in [0, 0.1) is 22.7 Å². The van der Waals surface area contributed by atoms with E-state index in [-0.39, 0.29) is 52.9 Å². The summed E-state index contributed by atoms with van der Waals surface area (Å²) >= 11 is 0. The molecule has 94 heavy (non-hydrogen) atoms. The summed E-state index contributed by atoms with van der Waals surface area (Å²) in [4.78, 5) is 8.21. The molecule has 2 aromatic heterocycles. The van der Waals surface area contributed by atoms with Gasteiger partial charge < -0.3 is 85.3 Å². The average molecular weight is 1300 g/mol. The van der Waals surface area contributed by atoms with Gasteiger partial charge in [0.1, 0.15) is 23.7 Å². The summed E-state index contributed by atoms with van der Waals surface area (Å²) in [7, 11) is 6.52. The van der Waals surface area contributed by atoms with Crippen molar-refractivity contribution in [2.75, 3.05) is 213 Å². The highest BCUT2D eigenvalue weighted by molar-refractivity contribution is 5.90. The average Bonchev–Trinajstić information content (AvgIpc) is 0.880. The third-order valence-electron chi connectivity index (χ3n) is 13.3. The molecule has 0 atom stereocenters. The van der Waals surface area contributed by atoms with Gasteiger partial charge in [-0.05, 0) is 81.9 Å². The second-order valence-corrected chi connectivity index (χ2v) is 20.4. The lowest BCUT2D eigenvalue weighted by molar-refractivity contribution is -0.0415. The highest BCUT2D eigenvalue weighted by Crippen LogP contribution is 2.34. The summed E-state index contributed by atoms with van der Waals surface area (Å²) in [5.41, 5.74) is 7.35. The highest BCUT2D eigenvalue weighted by Gasteiger charge is 2.20. The number of nitriles is 2. The summed E-state index contributed by atoms with van der Waals surface area (Å²) < 4.78 is 105. The van der Waals surface area contributed by atoms with Crippen molar-refractivity contribution in [3.8, 4) is 23.6 Å². The van der Waals surface area contributed by atoms with E-state index in [9.17, 15) is 10.5 Å². The zero-order chi connectivity index (χ0) is 66.4. The highest BCUT2D eigenvalue weighted by atomic mass is 16.6. The van der Waals surface area contributed by atoms with Crippen molar-refractivity contribution >= 4 is 47.6 Å². The summed E-state index contributed by atoms with van der Waals surface area (Å²) in [6.45, 7) is 10.3. The number of methoxy groups -OCH3 is 4. The van der Waals surface area contributed by atoms with Crippen LogP contribution in [-0.4, -0.2) is 236 Å². The molecule has 5 rings (SSSR count). The van der Waals surface area contributed by atoms with Crippen LogP contribution in [0.4, 0.5) is 0 Å². The van der Waals surface area contributed by atoms with Crippen LogP contribution in [0.25, 0.3) is 47.6 Å². The van der Waals surface area contributed by atoms with E-state index in [2.05, 4.69) is 22.1 Å². The van der Waals surface area contributed by atoms with Crippen molar-refractivity contribution in [1.29, 1.82) is 10.5 Å². The smallest absolute Gasteiger partial charge is 0.145 e. The maximum atomic E-state index is 10.1. The molecule has 0 aliphatic carbocycles. The molecule has 0 saturated heterocycles. The Balaban J connectivity index is 1.53. The fourth-order valence-corrected chi connectivity index (χ4v) is 8.37. The number of aromatic nitrogens is 2. The number of nitrogens with zero attached hydrogens (tertiary/aromatic N) is 4. The Morgan fingerprint density at radius 2 is 0.574 bits per heavy atom. The lowest BCUT2D eigenvalue weighted by atomic mass is 10.0. The normalized spacial score (nSPS) is 12.0. The molecule has 0 amide bonds. The first kappa shape index (κ1) is 77.6. The Morgan fingerprint density at radius 3 is 0.830 bits per heavy atom. The predicted octanol–water partition coefficient (Wildman–Crippen LogP) is 9.23. The van der Waals surface area contributed by atoms with E-state index in [1.807, 2.05) is 97.1 Å². The van der Waals surface area contributed by atoms with E-state index < -0.39 is 12.2 Å². The van der Waals surface area contributed by atoms with Gasteiger partial charge in [0.05, 0.1) is 208 Å². The van der Waals surface area contributed by atoms with E-state index in [4.69, 9.17) is 85.3 Å². The number of ether oxygens (including phenoxy) is 18. The summed E-state index contributed by atoms with van der Waals surface area (Å²) in [6.07, 6.45) is 17.0. The van der Waals surface area contributed by atoms with Gasteiger partial charge in [0, 0.05) is 64.4 Å². The molecule has 0 aliphatic heterocycles. The number of rotatable bonds is 56. The van der Waals surface area contributed by atoms with Crippen LogP contribution in [0.2, 0.25) is 0 Å². The fraction of sp³-hybridized carbons (Fsp3) is 0.472. The summed E-state index contributed by atoms with van der Waals surface area (Å²) in [5, 5.41) is 20.1. The number of allylic oxidation sites excluding steroid dienone is 2. The minimum atomic E-state index is -0.620. The van der Waals surface area contributed by atoms with Gasteiger partial charge in [-0.15, -0.1) is 0 Å². The van der Waals surface area contributed by atoms with E-state index in [1.165, 1.54) is 0 Å². The lowest BCUT2D eigenvalue weighted by Gasteiger charge is -2.24. The zero-order valence-electron chi connectivity index (χ0n) is 54.9. The van der Waals surface area contributed by atoms with Gasteiger partial charge in [-0.2, -0.15) is 10.5 Å². The SMILES string of the molecule is COCCOCCOCCOCC(COCCOCCOCCOC)Oc1cc(/C=C/c2ccc(/C=C(\C#N)c3ccncc3)cc2)c(OC(COCCOCCOCCOC)COCCOCCOCCOC)cc1/C=C/c1ccc(/C=C(\C#N)c2ccncc2)cc1. The Bertz CT molecular complexity index is 2690. The van der Waals surface area contributed by atoms with Crippen LogP contribution in [0.5, 0.6) is 11.5 Å². The topological polar surface area (TPSA) is 239 Å². The van der Waals surface area contributed by atoms with Crippen LogP contribution in [0.15, 0.2) is 110 Å². The predicted molar refractivity (Wildman–Crippen MR) is 359 cm³/mol. The van der Waals surface area contributed by atoms with Crippen molar-refractivity contribution in [3.63, 3.8) is 0 Å². The first-order valence-corrected chi connectivity index (χ1v) is 31.5. The quantitative estimate of drug-likeness (QED) is 0.0200. The fourth-order valence-electron chi connectivity index (χ4n) is 8.37. The minimum absolute atomic E-state index is 0.148. The van der Waals surface area contributed by atoms with Gasteiger partial charge in [-0.1, -0.05) is 72.8 Å². The Kier molecular flexibility index (Phi) is 43.1. The largest absolute Gasteiger partial charge is 0.485 e. The number of hydrogen-bond donors (Lipinski definition) is 0. The van der Waals surface area contributed by atoms with Gasteiger partial charge in [-0.25, -0.2) is 0 Å². The van der Waals surface area contributed by atoms with E-state index in [1.54, 1.807) is 77.5 Å². The van der Waals surface area contributed by atoms with Crippen molar-refractivity contribution < 1.29 is 85.3 Å². The molecule has 510 valence electrons. The third kappa shape index (κ3) is 34.8. The monoisotopic (exact) mass is 1300 g/mol. The van der Waals surface area contributed by atoms with E-state index in [0.717, 1.165) is 33.4 Å². The molecule has 0 radical (unpaired) electrons. The lowest BCUT2D eigenvalue weighted by Crippen LogP contribution is -2.31. The maximum Gasteiger partial charge on any atom is 0.145 e. The van der Waals surface area contributed by atoms with E-state index >= 15 is 0 Å². The molecule has 0 aliphatic rings. The van der Waals surface area contributed by atoms with Crippen LogP contribution < -0.4 is 9.47 Å². The van der Waals surface area contributed by atoms with Gasteiger partial charge in [0.25, 0.3) is 0 Å². The number of pyridine rings is 2. The van der Waals surface area contributed by atoms with Crippen molar-refractivity contribution in [3.05, 3.63) is 154 Å². The molecule has 5 aromatic rings. The first-order valence-electron chi connectivity index (χ1n) is 31.5. The maximum absolute atomic E-state index is 10.1. The van der Waals surface area contributed by atoms with Crippen molar-refractivity contribution in [1.82, 2.24) is 9.97 Å². The molecule has 22 nitrogen and oxygen atoms in total. The summed E-state index contributed by atoms with van der Waals surface area (Å²) in [6, 6.07) is 31.5. The molecule has 0 spiro atoms. The molecule has 0 bridgehead atoms. The molecule has 0 N–H and O–H groups in total. The van der Waals surface area contributed by atoms with Gasteiger partial charge in [0.15, 0.2) is 0 Å². The van der Waals surface area contributed by atoms with Crippen LogP contribution in [-0.2, 0) is 75.8 Å². The third-order valence-corrected chi connectivity index (χ3v) is 13.3. The first-order chi connectivity index (χ1) is 46.5.